The molecule has 1 atom stereocenters. The topological polar surface area (TPSA) is 20.3 Å². The Kier molecular flexibility index (Phi) is 3.77. The number of nitrogens with zero attached hydrogens (tertiary/aromatic N) is 1. The lowest BCUT2D eigenvalue weighted by molar-refractivity contribution is -0.123. The first-order valence-corrected chi connectivity index (χ1v) is 6.91. The summed E-state index contributed by atoms with van der Waals surface area (Å²) in [5.41, 5.74) is 0. The fourth-order valence-electron chi connectivity index (χ4n) is 2.05. The van der Waals surface area contributed by atoms with Gasteiger partial charge in [0.1, 0.15) is 5.78 Å². The second-order valence-corrected chi connectivity index (χ2v) is 5.51. The second kappa shape index (κ2) is 5.11. The first kappa shape index (κ1) is 11.8. The SMILES string of the molecule is CCC(=O)C(C)N(Cc1cccs1)C1CC1. The van der Waals surface area contributed by atoms with E-state index in [2.05, 4.69) is 29.3 Å². The zero-order chi connectivity index (χ0) is 11.5. The van der Waals surface area contributed by atoms with E-state index >= 15 is 0 Å². The molecule has 0 bridgehead atoms. The van der Waals surface area contributed by atoms with Gasteiger partial charge in [0.15, 0.2) is 0 Å². The standard InChI is InChI=1S/C13H19NOS/c1-3-13(15)10(2)14(11-6-7-11)9-12-5-4-8-16-12/h4-5,8,10-11H,3,6-7,9H2,1-2H3. The van der Waals surface area contributed by atoms with Crippen LogP contribution < -0.4 is 0 Å². The maximum atomic E-state index is 11.8. The van der Waals surface area contributed by atoms with E-state index in [1.807, 2.05) is 6.92 Å². The van der Waals surface area contributed by atoms with Crippen molar-refractivity contribution >= 4 is 17.1 Å². The number of carbonyl (C=O) groups excluding carboxylic acids is 1. The summed E-state index contributed by atoms with van der Waals surface area (Å²) in [6.45, 7) is 4.95. The van der Waals surface area contributed by atoms with Crippen LogP contribution in [0.2, 0.25) is 0 Å². The predicted molar refractivity (Wildman–Crippen MR) is 67.6 cm³/mol. The van der Waals surface area contributed by atoms with Crippen LogP contribution >= 0.6 is 11.3 Å². The van der Waals surface area contributed by atoms with E-state index in [0.29, 0.717) is 18.2 Å². The van der Waals surface area contributed by atoms with E-state index in [1.165, 1.54) is 17.7 Å². The van der Waals surface area contributed by atoms with Crippen LogP contribution in [0.25, 0.3) is 0 Å². The van der Waals surface area contributed by atoms with E-state index in [-0.39, 0.29) is 6.04 Å². The zero-order valence-electron chi connectivity index (χ0n) is 9.98. The molecule has 3 heteroatoms. The van der Waals surface area contributed by atoms with Crippen molar-refractivity contribution in [2.24, 2.45) is 0 Å². The molecule has 1 unspecified atom stereocenters. The van der Waals surface area contributed by atoms with Gasteiger partial charge in [-0.2, -0.15) is 0 Å². The quantitative estimate of drug-likeness (QED) is 0.758. The average Bonchev–Trinajstić information content (AvgIpc) is 3.01. The van der Waals surface area contributed by atoms with Gasteiger partial charge in [-0.3, -0.25) is 9.69 Å². The molecule has 1 saturated carbocycles. The van der Waals surface area contributed by atoms with E-state index < -0.39 is 0 Å². The Morgan fingerprint density at radius 2 is 2.38 bits per heavy atom. The zero-order valence-corrected chi connectivity index (χ0v) is 10.8. The number of Topliss-reactive ketones (excluding diaryl/α,β-unsaturated/α-hetero) is 1. The van der Waals surface area contributed by atoms with Gasteiger partial charge in [-0.25, -0.2) is 0 Å². The molecule has 16 heavy (non-hydrogen) atoms. The highest BCUT2D eigenvalue weighted by Crippen LogP contribution is 2.31. The van der Waals surface area contributed by atoms with Crippen LogP contribution in [0.15, 0.2) is 17.5 Å². The number of hydrogen-bond donors (Lipinski definition) is 0. The van der Waals surface area contributed by atoms with E-state index in [1.54, 1.807) is 11.3 Å². The van der Waals surface area contributed by atoms with Crippen molar-refractivity contribution in [2.75, 3.05) is 0 Å². The van der Waals surface area contributed by atoms with Gasteiger partial charge in [0.2, 0.25) is 0 Å². The van der Waals surface area contributed by atoms with Crippen molar-refractivity contribution in [2.45, 2.75) is 51.7 Å². The Bertz CT molecular complexity index is 343. The van der Waals surface area contributed by atoms with E-state index in [4.69, 9.17) is 0 Å². The van der Waals surface area contributed by atoms with Crippen LogP contribution in [0.3, 0.4) is 0 Å². The fraction of sp³-hybridized carbons (Fsp3) is 0.615. The molecule has 1 aromatic heterocycles. The van der Waals surface area contributed by atoms with Crippen molar-refractivity contribution in [3.05, 3.63) is 22.4 Å². The van der Waals surface area contributed by atoms with Crippen molar-refractivity contribution in [3.63, 3.8) is 0 Å². The molecule has 0 amide bonds. The predicted octanol–water partition coefficient (Wildman–Crippen LogP) is 3.08. The van der Waals surface area contributed by atoms with Gasteiger partial charge in [0, 0.05) is 23.9 Å². The minimum Gasteiger partial charge on any atom is -0.298 e. The van der Waals surface area contributed by atoms with Crippen LogP contribution in [-0.4, -0.2) is 22.8 Å². The smallest absolute Gasteiger partial charge is 0.149 e. The molecule has 2 nitrogen and oxygen atoms in total. The normalized spacial score (nSPS) is 17.7. The molecule has 0 N–H and O–H groups in total. The summed E-state index contributed by atoms with van der Waals surface area (Å²) in [4.78, 5) is 15.5. The lowest BCUT2D eigenvalue weighted by Crippen LogP contribution is -2.39. The van der Waals surface area contributed by atoms with Gasteiger partial charge in [-0.1, -0.05) is 13.0 Å². The number of thiophene rings is 1. The molecule has 0 saturated heterocycles. The van der Waals surface area contributed by atoms with Crippen LogP contribution in [0.5, 0.6) is 0 Å². The van der Waals surface area contributed by atoms with Crippen molar-refractivity contribution in [1.29, 1.82) is 0 Å². The number of hydrogen-bond acceptors (Lipinski definition) is 3. The van der Waals surface area contributed by atoms with Crippen molar-refractivity contribution < 1.29 is 4.79 Å². The van der Waals surface area contributed by atoms with Crippen LogP contribution in [-0.2, 0) is 11.3 Å². The molecular formula is C13H19NOS. The molecule has 1 heterocycles. The molecule has 0 radical (unpaired) electrons. The van der Waals surface area contributed by atoms with Crippen LogP contribution in [0, 0.1) is 0 Å². The molecule has 1 aliphatic rings. The third-order valence-corrected chi connectivity index (χ3v) is 4.11. The molecule has 0 spiro atoms. The van der Waals surface area contributed by atoms with Crippen molar-refractivity contribution in [3.8, 4) is 0 Å². The summed E-state index contributed by atoms with van der Waals surface area (Å²) >= 11 is 1.78. The van der Waals surface area contributed by atoms with Crippen LogP contribution in [0.1, 0.15) is 38.0 Å². The maximum absolute atomic E-state index is 11.8. The van der Waals surface area contributed by atoms with Gasteiger partial charge < -0.3 is 0 Å². The Morgan fingerprint density at radius 3 is 2.88 bits per heavy atom. The molecule has 0 aliphatic heterocycles. The molecule has 1 fully saturated rings. The van der Waals surface area contributed by atoms with Crippen molar-refractivity contribution in [1.82, 2.24) is 4.90 Å². The molecule has 0 aromatic carbocycles. The Morgan fingerprint density at radius 1 is 1.62 bits per heavy atom. The highest BCUT2D eigenvalue weighted by atomic mass is 32.1. The first-order chi connectivity index (χ1) is 7.72. The maximum Gasteiger partial charge on any atom is 0.149 e. The minimum absolute atomic E-state index is 0.0830. The van der Waals surface area contributed by atoms with Gasteiger partial charge in [0.25, 0.3) is 0 Å². The summed E-state index contributed by atoms with van der Waals surface area (Å²) in [7, 11) is 0. The molecule has 1 aromatic rings. The summed E-state index contributed by atoms with van der Waals surface area (Å²) in [5.74, 6) is 0.364. The highest BCUT2D eigenvalue weighted by Gasteiger charge is 2.34. The van der Waals surface area contributed by atoms with E-state index in [0.717, 1.165) is 6.54 Å². The number of ketones is 1. The fourth-order valence-corrected chi connectivity index (χ4v) is 2.76. The summed E-state index contributed by atoms with van der Waals surface area (Å²) in [6, 6.07) is 4.97. The largest absolute Gasteiger partial charge is 0.298 e. The number of rotatable bonds is 6. The number of carbonyl (C=O) groups is 1. The summed E-state index contributed by atoms with van der Waals surface area (Å²) in [6.07, 6.45) is 3.16. The molecule has 88 valence electrons. The van der Waals surface area contributed by atoms with Gasteiger partial charge in [-0.15, -0.1) is 11.3 Å². The lowest BCUT2D eigenvalue weighted by Gasteiger charge is -2.27. The third kappa shape index (κ3) is 2.71. The van der Waals surface area contributed by atoms with Gasteiger partial charge >= 0.3 is 0 Å². The average molecular weight is 237 g/mol. The van der Waals surface area contributed by atoms with Gasteiger partial charge in [0.05, 0.1) is 6.04 Å². The molecule has 2 rings (SSSR count). The molecular weight excluding hydrogens is 218 g/mol. The Hall–Kier alpha value is -0.670. The monoisotopic (exact) mass is 237 g/mol. The van der Waals surface area contributed by atoms with Gasteiger partial charge in [-0.05, 0) is 31.2 Å². The minimum atomic E-state index is 0.0830. The lowest BCUT2D eigenvalue weighted by atomic mass is 10.1. The highest BCUT2D eigenvalue weighted by molar-refractivity contribution is 7.09. The first-order valence-electron chi connectivity index (χ1n) is 6.03. The second-order valence-electron chi connectivity index (χ2n) is 4.48. The third-order valence-electron chi connectivity index (χ3n) is 3.25. The van der Waals surface area contributed by atoms with Crippen LogP contribution in [0.4, 0.5) is 0 Å². The van der Waals surface area contributed by atoms with E-state index in [9.17, 15) is 4.79 Å². The Balaban J connectivity index is 2.02. The summed E-state index contributed by atoms with van der Waals surface area (Å²) in [5, 5.41) is 2.10. The Labute approximate surface area is 101 Å². The molecule has 1 aliphatic carbocycles. The summed E-state index contributed by atoms with van der Waals surface area (Å²) < 4.78 is 0.